The maximum Gasteiger partial charge on any atom is 0.501 e. The molecule has 0 N–H and O–H groups in total. The minimum atomic E-state index is -2.74. The Kier molecular flexibility index (Phi) is 10.0. The molecule has 0 aromatic heterocycles. The predicted octanol–water partition coefficient (Wildman–Crippen LogP) is 3.35. The van der Waals surface area contributed by atoms with Gasteiger partial charge in [0.2, 0.25) is 0 Å². The molecule has 0 heterocycles. The Balaban J connectivity index is 4.86. The summed E-state index contributed by atoms with van der Waals surface area (Å²) in [7, 11) is -2.74. The molecule has 5 heteroatoms. The van der Waals surface area contributed by atoms with Crippen molar-refractivity contribution in [1.29, 1.82) is 0 Å². The second-order valence-electron chi connectivity index (χ2n) is 4.35. The zero-order chi connectivity index (χ0) is 14.7. The summed E-state index contributed by atoms with van der Waals surface area (Å²) in [6.07, 6.45) is 3.21. The van der Waals surface area contributed by atoms with Gasteiger partial charge in [0.1, 0.15) is 6.10 Å². The molecule has 0 amide bonds. The van der Waals surface area contributed by atoms with Gasteiger partial charge >= 0.3 is 8.80 Å². The van der Waals surface area contributed by atoms with E-state index in [-0.39, 0.29) is 5.78 Å². The fraction of sp³-hybridized carbons (Fsp3) is 0.786. The number of rotatable bonds is 12. The second kappa shape index (κ2) is 10.3. The van der Waals surface area contributed by atoms with Crippen LogP contribution in [-0.2, 0) is 18.1 Å². The zero-order valence-electron chi connectivity index (χ0n) is 12.7. The van der Waals surface area contributed by atoms with Gasteiger partial charge in [-0.15, -0.1) is 0 Å². The third kappa shape index (κ3) is 6.47. The standard InChI is InChI=1S/C14H28O4Si/c1-6-11-16-19(10-5,17-12-7-2)18-14(9-4)13(15)8-3/h8,14H,3,6-7,9-12H2,1-2,4-5H3. The molecule has 0 rings (SSSR count). The van der Waals surface area contributed by atoms with E-state index >= 15 is 0 Å². The third-order valence-corrected chi connectivity index (χ3v) is 5.49. The van der Waals surface area contributed by atoms with Gasteiger partial charge in [0.05, 0.1) is 0 Å². The van der Waals surface area contributed by atoms with E-state index in [1.54, 1.807) is 0 Å². The van der Waals surface area contributed by atoms with Gasteiger partial charge in [-0.3, -0.25) is 4.79 Å². The van der Waals surface area contributed by atoms with E-state index in [0.29, 0.717) is 25.7 Å². The van der Waals surface area contributed by atoms with Crippen LogP contribution in [0.15, 0.2) is 12.7 Å². The molecule has 1 unspecified atom stereocenters. The Hall–Kier alpha value is -0.493. The average molecular weight is 288 g/mol. The molecule has 0 radical (unpaired) electrons. The molecule has 4 nitrogen and oxygen atoms in total. The Morgan fingerprint density at radius 1 is 1.16 bits per heavy atom. The van der Waals surface area contributed by atoms with Crippen LogP contribution < -0.4 is 0 Å². The van der Waals surface area contributed by atoms with E-state index < -0.39 is 14.9 Å². The Labute approximate surface area is 118 Å². The van der Waals surface area contributed by atoms with Crippen LogP contribution in [0.3, 0.4) is 0 Å². The summed E-state index contributed by atoms with van der Waals surface area (Å²) in [6.45, 7) is 12.7. The molecule has 0 aromatic carbocycles. The normalized spacial score (nSPS) is 13.3. The molecular weight excluding hydrogens is 260 g/mol. The number of carbonyl (C=O) groups excluding carboxylic acids is 1. The molecule has 112 valence electrons. The SMILES string of the molecule is C=CC(=O)C(CC)O[Si](CC)(OCCC)OCCC. The highest BCUT2D eigenvalue weighted by Crippen LogP contribution is 2.20. The van der Waals surface area contributed by atoms with E-state index in [9.17, 15) is 4.79 Å². The van der Waals surface area contributed by atoms with Crippen molar-refractivity contribution in [3.63, 3.8) is 0 Å². The summed E-state index contributed by atoms with van der Waals surface area (Å²) < 4.78 is 17.7. The Morgan fingerprint density at radius 3 is 2.00 bits per heavy atom. The summed E-state index contributed by atoms with van der Waals surface area (Å²) in [4.78, 5) is 11.8. The molecule has 0 fully saturated rings. The van der Waals surface area contributed by atoms with Gasteiger partial charge in [0, 0.05) is 19.3 Å². The number of hydrogen-bond donors (Lipinski definition) is 0. The molecule has 0 aliphatic heterocycles. The molecule has 0 aliphatic rings. The van der Waals surface area contributed by atoms with Crippen molar-refractivity contribution in [3.8, 4) is 0 Å². The van der Waals surface area contributed by atoms with Gasteiger partial charge < -0.3 is 13.3 Å². The highest BCUT2D eigenvalue weighted by atomic mass is 28.4. The minimum absolute atomic E-state index is 0.104. The van der Waals surface area contributed by atoms with Crippen molar-refractivity contribution < 1.29 is 18.1 Å². The Morgan fingerprint density at radius 2 is 1.68 bits per heavy atom. The lowest BCUT2D eigenvalue weighted by molar-refractivity contribution is -0.123. The predicted molar refractivity (Wildman–Crippen MR) is 79.1 cm³/mol. The first-order chi connectivity index (χ1) is 9.09. The van der Waals surface area contributed by atoms with E-state index in [2.05, 4.69) is 6.58 Å². The van der Waals surface area contributed by atoms with Gasteiger partial charge in [0.15, 0.2) is 5.78 Å². The summed E-state index contributed by atoms with van der Waals surface area (Å²) in [5.41, 5.74) is 0. The average Bonchev–Trinajstić information content (AvgIpc) is 2.46. The van der Waals surface area contributed by atoms with Crippen molar-refractivity contribution >= 4 is 14.6 Å². The van der Waals surface area contributed by atoms with Crippen molar-refractivity contribution in [2.45, 2.75) is 59.1 Å². The molecule has 19 heavy (non-hydrogen) atoms. The number of hydrogen-bond acceptors (Lipinski definition) is 4. The van der Waals surface area contributed by atoms with Crippen LogP contribution in [0.1, 0.15) is 47.0 Å². The van der Waals surface area contributed by atoms with Crippen LogP contribution >= 0.6 is 0 Å². The summed E-state index contributed by atoms with van der Waals surface area (Å²) >= 11 is 0. The van der Waals surface area contributed by atoms with Gasteiger partial charge in [-0.05, 0) is 25.3 Å². The highest BCUT2D eigenvalue weighted by Gasteiger charge is 2.42. The molecule has 1 atom stereocenters. The van der Waals surface area contributed by atoms with Crippen molar-refractivity contribution in [2.24, 2.45) is 0 Å². The van der Waals surface area contributed by atoms with E-state index in [1.807, 2.05) is 27.7 Å². The molecule has 0 spiro atoms. The summed E-state index contributed by atoms with van der Waals surface area (Å²) in [6, 6.07) is 0.675. The first kappa shape index (κ1) is 18.5. The van der Waals surface area contributed by atoms with E-state index in [0.717, 1.165) is 12.8 Å². The molecule has 0 aliphatic carbocycles. The van der Waals surface area contributed by atoms with Crippen molar-refractivity contribution in [1.82, 2.24) is 0 Å². The molecular formula is C14H28O4Si. The number of carbonyl (C=O) groups is 1. The summed E-state index contributed by atoms with van der Waals surface area (Å²) in [5.74, 6) is -0.104. The Bertz CT molecular complexity index is 260. The van der Waals surface area contributed by atoms with Crippen LogP contribution in [-0.4, -0.2) is 33.9 Å². The highest BCUT2D eigenvalue weighted by molar-refractivity contribution is 6.60. The fourth-order valence-electron chi connectivity index (χ4n) is 1.60. The number of ketones is 1. The van der Waals surface area contributed by atoms with Gasteiger partial charge in [-0.2, -0.15) is 0 Å². The van der Waals surface area contributed by atoms with E-state index in [4.69, 9.17) is 13.3 Å². The van der Waals surface area contributed by atoms with Crippen LogP contribution in [0.2, 0.25) is 6.04 Å². The van der Waals surface area contributed by atoms with Crippen LogP contribution in [0.5, 0.6) is 0 Å². The smallest absolute Gasteiger partial charge is 0.373 e. The fourth-order valence-corrected chi connectivity index (χ4v) is 4.14. The molecule has 0 saturated carbocycles. The van der Waals surface area contributed by atoms with Crippen LogP contribution in [0, 0.1) is 0 Å². The lowest BCUT2D eigenvalue weighted by Crippen LogP contribution is -2.49. The van der Waals surface area contributed by atoms with Gasteiger partial charge in [0.25, 0.3) is 0 Å². The maximum absolute atomic E-state index is 11.8. The molecule has 0 saturated heterocycles. The van der Waals surface area contributed by atoms with Crippen molar-refractivity contribution in [3.05, 3.63) is 12.7 Å². The second-order valence-corrected chi connectivity index (χ2v) is 7.24. The molecule has 0 bridgehead atoms. The quantitative estimate of drug-likeness (QED) is 0.408. The monoisotopic (exact) mass is 288 g/mol. The van der Waals surface area contributed by atoms with Gasteiger partial charge in [-0.1, -0.05) is 34.3 Å². The van der Waals surface area contributed by atoms with E-state index in [1.165, 1.54) is 6.08 Å². The lowest BCUT2D eigenvalue weighted by atomic mass is 10.2. The maximum atomic E-state index is 11.8. The van der Waals surface area contributed by atoms with Crippen LogP contribution in [0.4, 0.5) is 0 Å². The zero-order valence-corrected chi connectivity index (χ0v) is 13.7. The third-order valence-electron chi connectivity index (χ3n) is 2.70. The van der Waals surface area contributed by atoms with Gasteiger partial charge in [-0.25, -0.2) is 0 Å². The first-order valence-corrected chi connectivity index (χ1v) is 9.14. The van der Waals surface area contributed by atoms with Crippen molar-refractivity contribution in [2.75, 3.05) is 13.2 Å². The van der Waals surface area contributed by atoms with Crippen LogP contribution in [0.25, 0.3) is 0 Å². The summed E-state index contributed by atoms with van der Waals surface area (Å²) in [5, 5.41) is 0. The largest absolute Gasteiger partial charge is 0.501 e. The molecule has 0 aromatic rings. The topological polar surface area (TPSA) is 44.8 Å². The lowest BCUT2D eigenvalue weighted by Gasteiger charge is -2.31. The first-order valence-electron chi connectivity index (χ1n) is 7.21. The minimum Gasteiger partial charge on any atom is -0.373 e.